The fourth-order valence-corrected chi connectivity index (χ4v) is 3.07. The van der Waals surface area contributed by atoms with E-state index in [0.29, 0.717) is 0 Å². The molecule has 2 N–H and O–H groups in total. The minimum absolute atomic E-state index is 0.0759. The summed E-state index contributed by atoms with van der Waals surface area (Å²) < 4.78 is 2.00. The van der Waals surface area contributed by atoms with Crippen LogP contribution in [0.4, 0.5) is 5.69 Å². The molecule has 0 atom stereocenters. The molecule has 0 aliphatic heterocycles. The van der Waals surface area contributed by atoms with Crippen LogP contribution in [0.1, 0.15) is 27.3 Å². The van der Waals surface area contributed by atoms with E-state index in [1.54, 1.807) is 42.6 Å². The van der Waals surface area contributed by atoms with Gasteiger partial charge < -0.3 is 14.8 Å². The highest BCUT2D eigenvalue weighted by Crippen LogP contribution is 2.25. The topological polar surface area (TPSA) is 74.8 Å². The lowest BCUT2D eigenvalue weighted by Crippen LogP contribution is -2.02. The maximum atomic E-state index is 11.1. The number of aromatic nitrogens is 1. The van der Waals surface area contributed by atoms with Crippen LogP contribution in [0, 0.1) is 13.8 Å². The number of aliphatic imine (C=N–C) groups is 1. The molecule has 0 radical (unpaired) electrons. The van der Waals surface area contributed by atoms with Gasteiger partial charge in [0.15, 0.2) is 0 Å². The third-order valence-electron chi connectivity index (χ3n) is 4.11. The van der Waals surface area contributed by atoms with Gasteiger partial charge in [-0.05, 0) is 62.4 Å². The molecule has 0 aliphatic carbocycles. The van der Waals surface area contributed by atoms with Crippen molar-refractivity contribution in [3.8, 4) is 11.4 Å². The summed E-state index contributed by atoms with van der Waals surface area (Å²) in [7, 11) is 0. The van der Waals surface area contributed by atoms with E-state index in [4.69, 9.17) is 16.7 Å². The van der Waals surface area contributed by atoms with Gasteiger partial charge in [0.05, 0.1) is 16.3 Å². The molecule has 0 spiro atoms. The van der Waals surface area contributed by atoms with Gasteiger partial charge in [-0.3, -0.25) is 4.99 Å². The summed E-state index contributed by atoms with van der Waals surface area (Å²) in [5.41, 5.74) is 4.49. The van der Waals surface area contributed by atoms with Crippen molar-refractivity contribution in [3.05, 3.63) is 76.1 Å². The molecule has 132 valence electrons. The molecular weight excluding hydrogens is 352 g/mol. The zero-order chi connectivity index (χ0) is 18.8. The molecule has 6 heteroatoms. The van der Waals surface area contributed by atoms with Gasteiger partial charge in [-0.1, -0.05) is 11.6 Å². The van der Waals surface area contributed by atoms with E-state index in [2.05, 4.69) is 4.99 Å². The second kappa shape index (κ2) is 7.06. The Morgan fingerprint density at radius 2 is 1.81 bits per heavy atom. The molecule has 0 unspecified atom stereocenters. The molecule has 26 heavy (non-hydrogen) atoms. The Labute approximate surface area is 155 Å². The summed E-state index contributed by atoms with van der Waals surface area (Å²) in [5, 5.41) is 18.6. The van der Waals surface area contributed by atoms with E-state index in [9.17, 15) is 9.90 Å². The number of aromatic hydroxyl groups is 1. The van der Waals surface area contributed by atoms with Crippen molar-refractivity contribution in [1.82, 2.24) is 4.57 Å². The smallest absolute Gasteiger partial charge is 0.337 e. The summed E-state index contributed by atoms with van der Waals surface area (Å²) in [4.78, 5) is 15.6. The van der Waals surface area contributed by atoms with Gasteiger partial charge in [-0.25, -0.2) is 4.79 Å². The van der Waals surface area contributed by atoms with Crippen molar-refractivity contribution in [2.75, 3.05) is 0 Å². The Morgan fingerprint density at radius 1 is 1.12 bits per heavy atom. The molecular formula is C20H17ClN2O3. The van der Waals surface area contributed by atoms with Gasteiger partial charge in [-0.15, -0.1) is 0 Å². The number of aryl methyl sites for hydroxylation is 1. The van der Waals surface area contributed by atoms with Crippen molar-refractivity contribution in [3.63, 3.8) is 0 Å². The zero-order valence-corrected chi connectivity index (χ0v) is 15.0. The van der Waals surface area contributed by atoms with Crippen molar-refractivity contribution < 1.29 is 15.0 Å². The maximum absolute atomic E-state index is 11.1. The summed E-state index contributed by atoms with van der Waals surface area (Å²) in [6.07, 6.45) is 1.76. The van der Waals surface area contributed by atoms with Crippen LogP contribution in [0.15, 0.2) is 53.5 Å². The number of carboxylic acids is 1. The number of hydrogen-bond donors (Lipinski definition) is 2. The summed E-state index contributed by atoms with van der Waals surface area (Å²) >= 11 is 6.10. The highest BCUT2D eigenvalue weighted by molar-refractivity contribution is 6.33. The molecule has 3 rings (SSSR count). The van der Waals surface area contributed by atoms with Crippen LogP contribution in [0.2, 0.25) is 5.02 Å². The number of hydrogen-bond acceptors (Lipinski definition) is 3. The van der Waals surface area contributed by atoms with Crippen LogP contribution in [0.3, 0.4) is 0 Å². The SMILES string of the molecule is Cc1cc(C=Nc2ccc(O)cc2)c(C)n1-c1ccc(C(=O)O)c(Cl)c1. The second-order valence-corrected chi connectivity index (χ2v) is 6.31. The first kappa shape index (κ1) is 17.8. The van der Waals surface area contributed by atoms with Crippen LogP contribution in [-0.4, -0.2) is 27.0 Å². The number of rotatable bonds is 4. The van der Waals surface area contributed by atoms with Crippen LogP contribution < -0.4 is 0 Å². The first-order valence-corrected chi connectivity index (χ1v) is 8.30. The monoisotopic (exact) mass is 368 g/mol. The van der Waals surface area contributed by atoms with E-state index in [0.717, 1.165) is 28.3 Å². The minimum atomic E-state index is -1.05. The Kier molecular flexibility index (Phi) is 4.82. The third kappa shape index (κ3) is 3.48. The molecule has 3 aromatic rings. The third-order valence-corrected chi connectivity index (χ3v) is 4.43. The number of phenolic OH excluding ortho intramolecular Hbond substituents is 1. The highest BCUT2D eigenvalue weighted by Gasteiger charge is 2.13. The normalized spacial score (nSPS) is 11.2. The molecule has 0 aliphatic rings. The van der Waals surface area contributed by atoms with Gasteiger partial charge >= 0.3 is 5.97 Å². The molecule has 1 heterocycles. The first-order chi connectivity index (χ1) is 12.4. The highest BCUT2D eigenvalue weighted by atomic mass is 35.5. The molecule has 1 aromatic heterocycles. The van der Waals surface area contributed by atoms with E-state index in [1.807, 2.05) is 24.5 Å². The average molecular weight is 369 g/mol. The second-order valence-electron chi connectivity index (χ2n) is 5.91. The lowest BCUT2D eigenvalue weighted by molar-refractivity contribution is 0.0697. The molecule has 0 bridgehead atoms. The van der Waals surface area contributed by atoms with E-state index < -0.39 is 5.97 Å². The van der Waals surface area contributed by atoms with Gasteiger partial charge in [0.2, 0.25) is 0 Å². The Morgan fingerprint density at radius 3 is 2.42 bits per heavy atom. The number of nitrogens with zero attached hydrogens (tertiary/aromatic N) is 2. The number of benzene rings is 2. The predicted octanol–water partition coefficient (Wildman–Crippen LogP) is 4.90. The first-order valence-electron chi connectivity index (χ1n) is 7.92. The quantitative estimate of drug-likeness (QED) is 0.643. The molecule has 0 saturated carbocycles. The van der Waals surface area contributed by atoms with E-state index >= 15 is 0 Å². The van der Waals surface area contributed by atoms with Crippen LogP contribution in [0.25, 0.3) is 5.69 Å². The Bertz CT molecular complexity index is 1000. The van der Waals surface area contributed by atoms with Gasteiger partial charge in [0, 0.05) is 28.9 Å². The fraction of sp³-hybridized carbons (Fsp3) is 0.100. The molecule has 0 amide bonds. The largest absolute Gasteiger partial charge is 0.508 e. The van der Waals surface area contributed by atoms with Crippen LogP contribution in [0.5, 0.6) is 5.75 Å². The lowest BCUT2D eigenvalue weighted by Gasteiger charge is -2.11. The maximum Gasteiger partial charge on any atom is 0.337 e. The van der Waals surface area contributed by atoms with Gasteiger partial charge in [0.25, 0.3) is 0 Å². The number of carboxylic acid groups (broad SMARTS) is 1. The lowest BCUT2D eigenvalue weighted by atomic mass is 10.2. The number of carbonyl (C=O) groups is 1. The zero-order valence-electron chi connectivity index (χ0n) is 14.3. The Balaban J connectivity index is 1.97. The van der Waals surface area contributed by atoms with Gasteiger partial charge in [-0.2, -0.15) is 0 Å². The van der Waals surface area contributed by atoms with Crippen molar-refractivity contribution in [2.45, 2.75) is 13.8 Å². The predicted molar refractivity (Wildman–Crippen MR) is 103 cm³/mol. The van der Waals surface area contributed by atoms with Crippen LogP contribution in [-0.2, 0) is 0 Å². The molecule has 0 saturated heterocycles. The average Bonchev–Trinajstić information content (AvgIpc) is 2.87. The summed E-state index contributed by atoms with van der Waals surface area (Å²) in [6, 6.07) is 13.5. The van der Waals surface area contributed by atoms with E-state index in [-0.39, 0.29) is 16.3 Å². The number of halogens is 1. The van der Waals surface area contributed by atoms with Crippen molar-refractivity contribution in [2.24, 2.45) is 4.99 Å². The molecule has 2 aromatic carbocycles. The van der Waals surface area contributed by atoms with E-state index in [1.165, 1.54) is 6.07 Å². The molecule has 0 fully saturated rings. The standard InChI is InChI=1S/C20H17ClN2O3/c1-12-9-14(11-22-15-3-6-17(24)7-4-15)13(2)23(12)16-5-8-18(20(25)26)19(21)10-16/h3-11,24H,1-2H3,(H,25,26). The fourth-order valence-electron chi connectivity index (χ4n) is 2.81. The summed E-state index contributed by atoms with van der Waals surface area (Å²) in [5.74, 6) is -0.854. The van der Waals surface area contributed by atoms with Gasteiger partial charge in [0.1, 0.15) is 5.75 Å². The molecule has 5 nitrogen and oxygen atoms in total. The Hall–Kier alpha value is -3.05. The number of aromatic carboxylic acids is 1. The van der Waals surface area contributed by atoms with Crippen LogP contribution >= 0.6 is 11.6 Å². The van der Waals surface area contributed by atoms with Crippen molar-refractivity contribution in [1.29, 1.82) is 0 Å². The summed E-state index contributed by atoms with van der Waals surface area (Å²) in [6.45, 7) is 3.92. The van der Waals surface area contributed by atoms with Crippen molar-refractivity contribution >= 4 is 29.5 Å². The minimum Gasteiger partial charge on any atom is -0.508 e. The number of phenols is 1.